The zero-order chi connectivity index (χ0) is 14.9. The molecule has 0 amide bonds. The highest BCUT2D eigenvalue weighted by Gasteiger charge is 2.51. The predicted octanol–water partition coefficient (Wildman–Crippen LogP) is 1.72. The van der Waals surface area contributed by atoms with Gasteiger partial charge in [0.05, 0.1) is 12.5 Å². The summed E-state index contributed by atoms with van der Waals surface area (Å²) in [6, 6.07) is 0. The molecular weight excluding hydrogens is 260 g/mol. The van der Waals surface area contributed by atoms with Crippen LogP contribution in [0.5, 0.6) is 0 Å². The second-order valence-electron chi connectivity index (χ2n) is 5.24. The predicted molar refractivity (Wildman–Crippen MR) is 70.7 cm³/mol. The fraction of sp³-hybridized carbons (Fsp3) is 0.533. The summed E-state index contributed by atoms with van der Waals surface area (Å²) in [6.07, 6.45) is 4.05. The molecule has 0 N–H and O–H groups in total. The van der Waals surface area contributed by atoms with Gasteiger partial charge in [-0.2, -0.15) is 0 Å². The van der Waals surface area contributed by atoms with Crippen molar-refractivity contribution >= 4 is 17.7 Å². The SMILES string of the molecule is COC(=O)C1=C2CCC(=O)[C@@]2(C)[C@@H](OC(C)=O)C=CC1. The van der Waals surface area contributed by atoms with Crippen LogP contribution in [0.2, 0.25) is 0 Å². The third-order valence-electron chi connectivity index (χ3n) is 4.10. The lowest BCUT2D eigenvalue weighted by Gasteiger charge is -2.31. The summed E-state index contributed by atoms with van der Waals surface area (Å²) in [5.74, 6) is -0.873. The number of hydrogen-bond donors (Lipinski definition) is 0. The summed E-state index contributed by atoms with van der Waals surface area (Å²) >= 11 is 0. The van der Waals surface area contributed by atoms with E-state index in [1.807, 2.05) is 0 Å². The van der Waals surface area contributed by atoms with E-state index >= 15 is 0 Å². The Bertz CT molecular complexity index is 528. The Morgan fingerprint density at radius 3 is 2.65 bits per heavy atom. The van der Waals surface area contributed by atoms with Crippen LogP contribution >= 0.6 is 0 Å². The molecule has 2 aliphatic carbocycles. The van der Waals surface area contributed by atoms with Crippen molar-refractivity contribution in [3.63, 3.8) is 0 Å². The molecule has 5 heteroatoms. The molecule has 0 aliphatic heterocycles. The number of ether oxygens (including phenoxy) is 2. The van der Waals surface area contributed by atoms with Crippen molar-refractivity contribution in [2.75, 3.05) is 7.11 Å². The molecule has 20 heavy (non-hydrogen) atoms. The van der Waals surface area contributed by atoms with E-state index in [-0.39, 0.29) is 5.78 Å². The number of rotatable bonds is 2. The van der Waals surface area contributed by atoms with Crippen LogP contribution in [0, 0.1) is 5.41 Å². The molecule has 0 spiro atoms. The van der Waals surface area contributed by atoms with Gasteiger partial charge in [0.2, 0.25) is 0 Å². The van der Waals surface area contributed by atoms with Crippen molar-refractivity contribution < 1.29 is 23.9 Å². The Balaban J connectivity index is 2.54. The minimum atomic E-state index is -0.956. The van der Waals surface area contributed by atoms with Crippen LogP contribution in [0.3, 0.4) is 0 Å². The van der Waals surface area contributed by atoms with Gasteiger partial charge in [-0.05, 0) is 31.4 Å². The van der Waals surface area contributed by atoms with Crippen LogP contribution in [-0.2, 0) is 23.9 Å². The first kappa shape index (κ1) is 14.5. The lowest BCUT2D eigenvalue weighted by atomic mass is 9.77. The van der Waals surface area contributed by atoms with Crippen LogP contribution < -0.4 is 0 Å². The lowest BCUT2D eigenvalue weighted by Crippen LogP contribution is -2.39. The minimum absolute atomic E-state index is 0.00768. The standard InChI is InChI=1S/C15H18O5/c1-9(16)20-13-6-4-5-10(14(18)19-3)11-7-8-12(17)15(11,13)2/h4,6,13H,5,7-8H2,1-3H3/t13-,15-/m0/s1. The molecule has 108 valence electrons. The molecule has 2 rings (SSSR count). The third kappa shape index (κ3) is 2.17. The van der Waals surface area contributed by atoms with Gasteiger partial charge in [-0.1, -0.05) is 6.08 Å². The maximum atomic E-state index is 12.3. The molecule has 0 radical (unpaired) electrons. The maximum absolute atomic E-state index is 12.3. The Morgan fingerprint density at radius 2 is 2.05 bits per heavy atom. The third-order valence-corrected chi connectivity index (χ3v) is 4.10. The number of hydrogen-bond acceptors (Lipinski definition) is 5. The molecule has 0 unspecified atom stereocenters. The molecule has 0 saturated heterocycles. The summed E-state index contributed by atoms with van der Waals surface area (Å²) in [5.41, 5.74) is 0.291. The fourth-order valence-electron chi connectivity index (χ4n) is 3.01. The van der Waals surface area contributed by atoms with Crippen molar-refractivity contribution in [2.24, 2.45) is 5.41 Å². The zero-order valence-electron chi connectivity index (χ0n) is 11.9. The summed E-state index contributed by atoms with van der Waals surface area (Å²) in [6.45, 7) is 3.05. The van der Waals surface area contributed by atoms with Gasteiger partial charge in [-0.3, -0.25) is 9.59 Å². The van der Waals surface area contributed by atoms with Crippen molar-refractivity contribution in [1.29, 1.82) is 0 Å². The van der Waals surface area contributed by atoms with E-state index in [4.69, 9.17) is 9.47 Å². The number of fused-ring (bicyclic) bond motifs is 1. The van der Waals surface area contributed by atoms with E-state index in [9.17, 15) is 14.4 Å². The highest BCUT2D eigenvalue weighted by molar-refractivity contribution is 5.98. The number of ketones is 1. The Morgan fingerprint density at radius 1 is 1.35 bits per heavy atom. The highest BCUT2D eigenvalue weighted by atomic mass is 16.5. The van der Waals surface area contributed by atoms with Crippen molar-refractivity contribution in [2.45, 2.75) is 39.2 Å². The van der Waals surface area contributed by atoms with Gasteiger partial charge in [0.25, 0.3) is 0 Å². The topological polar surface area (TPSA) is 69.7 Å². The van der Waals surface area contributed by atoms with E-state index in [2.05, 4.69) is 0 Å². The normalized spacial score (nSPS) is 28.9. The molecule has 0 aromatic heterocycles. The van der Waals surface area contributed by atoms with Crippen LogP contribution in [0.1, 0.15) is 33.1 Å². The number of methoxy groups -OCH3 is 1. The first-order valence-electron chi connectivity index (χ1n) is 6.59. The molecule has 2 aliphatic rings. The maximum Gasteiger partial charge on any atom is 0.334 e. The smallest absolute Gasteiger partial charge is 0.334 e. The van der Waals surface area contributed by atoms with E-state index in [0.717, 1.165) is 5.57 Å². The summed E-state index contributed by atoms with van der Waals surface area (Å²) in [4.78, 5) is 35.5. The molecule has 0 bridgehead atoms. The van der Waals surface area contributed by atoms with Crippen LogP contribution in [0.15, 0.2) is 23.3 Å². The lowest BCUT2D eigenvalue weighted by molar-refractivity contribution is -0.150. The van der Waals surface area contributed by atoms with Crippen molar-refractivity contribution in [1.82, 2.24) is 0 Å². The monoisotopic (exact) mass is 278 g/mol. The average Bonchev–Trinajstić information content (AvgIpc) is 2.62. The molecule has 2 atom stereocenters. The van der Waals surface area contributed by atoms with Crippen molar-refractivity contribution in [3.8, 4) is 0 Å². The van der Waals surface area contributed by atoms with E-state index in [1.54, 1.807) is 19.1 Å². The van der Waals surface area contributed by atoms with Crippen LogP contribution in [0.4, 0.5) is 0 Å². The fourth-order valence-corrected chi connectivity index (χ4v) is 3.01. The number of carbonyl (C=O) groups is 3. The number of allylic oxidation sites excluding steroid dienone is 1. The van der Waals surface area contributed by atoms with Gasteiger partial charge in [-0.25, -0.2) is 4.79 Å². The van der Waals surface area contributed by atoms with E-state index in [1.165, 1.54) is 14.0 Å². The first-order valence-corrected chi connectivity index (χ1v) is 6.59. The quantitative estimate of drug-likeness (QED) is 0.568. The highest BCUT2D eigenvalue weighted by Crippen LogP contribution is 2.47. The minimum Gasteiger partial charge on any atom is -0.466 e. The average molecular weight is 278 g/mol. The number of esters is 2. The van der Waals surface area contributed by atoms with Crippen LogP contribution in [0.25, 0.3) is 0 Å². The van der Waals surface area contributed by atoms with Gasteiger partial charge in [0, 0.05) is 18.9 Å². The molecule has 5 nitrogen and oxygen atoms in total. The van der Waals surface area contributed by atoms with Crippen molar-refractivity contribution in [3.05, 3.63) is 23.3 Å². The molecule has 0 aromatic rings. The molecule has 1 fully saturated rings. The van der Waals surface area contributed by atoms with Gasteiger partial charge >= 0.3 is 11.9 Å². The van der Waals surface area contributed by atoms with E-state index < -0.39 is 23.5 Å². The largest absolute Gasteiger partial charge is 0.466 e. The van der Waals surface area contributed by atoms with Gasteiger partial charge in [0.15, 0.2) is 0 Å². The van der Waals surface area contributed by atoms with Gasteiger partial charge < -0.3 is 9.47 Å². The van der Waals surface area contributed by atoms with Gasteiger partial charge in [0.1, 0.15) is 11.9 Å². The van der Waals surface area contributed by atoms with Crippen LogP contribution in [-0.4, -0.2) is 30.9 Å². The first-order chi connectivity index (χ1) is 9.41. The second-order valence-corrected chi connectivity index (χ2v) is 5.24. The molecule has 0 heterocycles. The Labute approximate surface area is 117 Å². The summed E-state index contributed by atoms with van der Waals surface area (Å²) in [7, 11) is 1.32. The van der Waals surface area contributed by atoms with E-state index in [0.29, 0.717) is 24.8 Å². The number of Topliss-reactive ketones (excluding diaryl/α,β-unsaturated/α-hetero) is 1. The molecule has 1 saturated carbocycles. The van der Waals surface area contributed by atoms with Gasteiger partial charge in [-0.15, -0.1) is 0 Å². The molecular formula is C15H18O5. The summed E-state index contributed by atoms with van der Waals surface area (Å²) in [5, 5.41) is 0. The summed E-state index contributed by atoms with van der Waals surface area (Å²) < 4.78 is 10.1. The Hall–Kier alpha value is -1.91. The Kier molecular flexibility index (Phi) is 3.79. The molecule has 0 aromatic carbocycles. The number of carbonyl (C=O) groups excluding carboxylic acids is 3. The second kappa shape index (κ2) is 5.23. The zero-order valence-corrected chi connectivity index (χ0v) is 11.9.